The average Bonchev–Trinajstić information content (AvgIpc) is 2.48. The lowest BCUT2D eigenvalue weighted by atomic mass is 10.0. The summed E-state index contributed by atoms with van der Waals surface area (Å²) in [6, 6.07) is 17.2. The summed E-state index contributed by atoms with van der Waals surface area (Å²) in [7, 11) is 1.54. The molecule has 100 valence electrons. The second-order valence-electron chi connectivity index (χ2n) is 4.16. The Bertz CT molecular complexity index is 645. The van der Waals surface area contributed by atoms with Gasteiger partial charge in [0, 0.05) is 0 Å². The van der Waals surface area contributed by atoms with E-state index in [1.54, 1.807) is 6.07 Å². The summed E-state index contributed by atoms with van der Waals surface area (Å²) < 4.78 is 5.22. The van der Waals surface area contributed by atoms with Crippen LogP contribution in [0.4, 0.5) is 5.69 Å². The topological polar surface area (TPSA) is 62.1 Å². The molecule has 0 aromatic heterocycles. The second-order valence-corrected chi connectivity index (χ2v) is 4.16. The molecule has 0 aliphatic heterocycles. The Hall–Kier alpha value is -2.80. The molecule has 0 saturated heterocycles. The minimum atomic E-state index is -0.351. The van der Waals surface area contributed by atoms with Crippen molar-refractivity contribution in [3.63, 3.8) is 0 Å². The zero-order chi connectivity index (χ0) is 14.4. The molecule has 4 nitrogen and oxygen atoms in total. The number of anilines is 1. The molecule has 2 aromatic rings. The molecule has 0 radical (unpaired) electrons. The van der Waals surface area contributed by atoms with Crippen LogP contribution < -0.4 is 10.1 Å². The number of ether oxygens (including phenoxy) is 1. The zero-order valence-corrected chi connectivity index (χ0v) is 11.1. The van der Waals surface area contributed by atoms with Gasteiger partial charge in [0.2, 0.25) is 5.91 Å². The van der Waals surface area contributed by atoms with E-state index in [2.05, 4.69) is 5.32 Å². The Kier molecular flexibility index (Phi) is 4.35. The predicted octanol–water partition coefficient (Wildman–Crippen LogP) is 3.21. The van der Waals surface area contributed by atoms with Gasteiger partial charge in [0.25, 0.3) is 0 Å². The van der Waals surface area contributed by atoms with Crippen molar-refractivity contribution in [2.24, 2.45) is 0 Å². The first-order valence-corrected chi connectivity index (χ1v) is 6.15. The minimum absolute atomic E-state index is 0.182. The van der Waals surface area contributed by atoms with Gasteiger partial charge in [0.05, 0.1) is 18.9 Å². The molecule has 0 aliphatic carbocycles. The molecule has 0 spiro atoms. The average molecular weight is 266 g/mol. The Morgan fingerprint density at radius 3 is 2.60 bits per heavy atom. The number of methoxy groups -OCH3 is 1. The summed E-state index contributed by atoms with van der Waals surface area (Å²) in [6.07, 6.45) is -0.182. The summed E-state index contributed by atoms with van der Waals surface area (Å²) >= 11 is 0. The fourth-order valence-electron chi connectivity index (χ4n) is 1.88. The Morgan fingerprint density at radius 2 is 1.95 bits per heavy atom. The maximum Gasteiger partial charge on any atom is 0.238 e. The third-order valence-corrected chi connectivity index (χ3v) is 2.82. The van der Waals surface area contributed by atoms with E-state index < -0.39 is 0 Å². The van der Waals surface area contributed by atoms with E-state index in [-0.39, 0.29) is 12.3 Å². The zero-order valence-electron chi connectivity index (χ0n) is 11.1. The van der Waals surface area contributed by atoms with Crippen molar-refractivity contribution in [3.8, 4) is 22.9 Å². The standard InChI is InChI=1S/C16H14N2O2/c1-20-15-8-7-13(12-5-3-2-4-6-12)11-14(15)18-16(19)9-10-17/h2-8,11H,9H2,1H3,(H,18,19). The Labute approximate surface area is 117 Å². The maximum absolute atomic E-state index is 11.5. The highest BCUT2D eigenvalue weighted by molar-refractivity contribution is 5.94. The normalized spacial score (nSPS) is 9.60. The number of nitrogens with zero attached hydrogens (tertiary/aromatic N) is 1. The van der Waals surface area contributed by atoms with Crippen LogP contribution in [-0.4, -0.2) is 13.0 Å². The van der Waals surface area contributed by atoms with Gasteiger partial charge in [-0.15, -0.1) is 0 Å². The first-order valence-electron chi connectivity index (χ1n) is 6.15. The molecule has 0 aliphatic rings. The molecule has 20 heavy (non-hydrogen) atoms. The molecule has 0 unspecified atom stereocenters. The molecule has 0 heterocycles. The fraction of sp³-hybridized carbons (Fsp3) is 0.125. The van der Waals surface area contributed by atoms with Crippen LogP contribution >= 0.6 is 0 Å². The summed E-state index contributed by atoms with van der Waals surface area (Å²) in [6.45, 7) is 0. The first-order chi connectivity index (χ1) is 9.74. The number of hydrogen-bond donors (Lipinski definition) is 1. The van der Waals surface area contributed by atoms with E-state index in [0.717, 1.165) is 11.1 Å². The van der Waals surface area contributed by atoms with Crippen LogP contribution in [0.2, 0.25) is 0 Å². The first kappa shape index (κ1) is 13.6. The van der Waals surface area contributed by atoms with Crippen LogP contribution in [0.1, 0.15) is 6.42 Å². The molecule has 0 saturated carbocycles. The highest BCUT2D eigenvalue weighted by Crippen LogP contribution is 2.30. The third kappa shape index (κ3) is 3.15. The number of carbonyl (C=O) groups is 1. The smallest absolute Gasteiger partial charge is 0.238 e. The van der Waals surface area contributed by atoms with E-state index in [1.165, 1.54) is 7.11 Å². The number of hydrogen-bond acceptors (Lipinski definition) is 3. The summed E-state index contributed by atoms with van der Waals surface area (Å²) in [4.78, 5) is 11.5. The molecule has 0 atom stereocenters. The van der Waals surface area contributed by atoms with Crippen LogP contribution in [0.15, 0.2) is 48.5 Å². The lowest BCUT2D eigenvalue weighted by molar-refractivity contribution is -0.115. The van der Waals surface area contributed by atoms with Crippen molar-refractivity contribution < 1.29 is 9.53 Å². The molecular weight excluding hydrogens is 252 g/mol. The van der Waals surface area contributed by atoms with E-state index in [4.69, 9.17) is 10.00 Å². The van der Waals surface area contributed by atoms with Crippen molar-refractivity contribution in [1.29, 1.82) is 5.26 Å². The Morgan fingerprint density at radius 1 is 1.20 bits per heavy atom. The molecule has 2 aromatic carbocycles. The van der Waals surface area contributed by atoms with Crippen LogP contribution in [0, 0.1) is 11.3 Å². The largest absolute Gasteiger partial charge is 0.495 e. The van der Waals surface area contributed by atoms with E-state index in [9.17, 15) is 4.79 Å². The maximum atomic E-state index is 11.5. The van der Waals surface area contributed by atoms with Gasteiger partial charge in [0.15, 0.2) is 0 Å². The molecule has 0 fully saturated rings. The number of nitriles is 1. The van der Waals surface area contributed by atoms with Crippen molar-refractivity contribution in [1.82, 2.24) is 0 Å². The molecule has 1 amide bonds. The van der Waals surface area contributed by atoms with Gasteiger partial charge in [0.1, 0.15) is 12.2 Å². The SMILES string of the molecule is COc1ccc(-c2ccccc2)cc1NC(=O)CC#N. The van der Waals surface area contributed by atoms with Crippen molar-refractivity contribution >= 4 is 11.6 Å². The van der Waals surface area contributed by atoms with Crippen molar-refractivity contribution in [2.75, 3.05) is 12.4 Å². The third-order valence-electron chi connectivity index (χ3n) is 2.82. The van der Waals surface area contributed by atoms with Crippen LogP contribution in [0.5, 0.6) is 5.75 Å². The van der Waals surface area contributed by atoms with Gasteiger partial charge < -0.3 is 10.1 Å². The number of benzene rings is 2. The molecular formula is C16H14N2O2. The van der Waals surface area contributed by atoms with Gasteiger partial charge in [-0.25, -0.2) is 0 Å². The Balaban J connectivity index is 2.34. The highest BCUT2D eigenvalue weighted by Gasteiger charge is 2.09. The van der Waals surface area contributed by atoms with Crippen LogP contribution in [0.3, 0.4) is 0 Å². The lowest BCUT2D eigenvalue weighted by Crippen LogP contribution is -2.11. The van der Waals surface area contributed by atoms with Crippen LogP contribution in [-0.2, 0) is 4.79 Å². The van der Waals surface area contributed by atoms with Gasteiger partial charge in [-0.2, -0.15) is 5.26 Å². The van der Waals surface area contributed by atoms with E-state index in [0.29, 0.717) is 11.4 Å². The predicted molar refractivity (Wildman–Crippen MR) is 77.3 cm³/mol. The quantitative estimate of drug-likeness (QED) is 0.924. The fourth-order valence-corrected chi connectivity index (χ4v) is 1.88. The van der Waals surface area contributed by atoms with E-state index in [1.807, 2.05) is 48.5 Å². The second kappa shape index (κ2) is 6.39. The number of amides is 1. The summed E-state index contributed by atoms with van der Waals surface area (Å²) in [5.41, 5.74) is 2.58. The molecule has 2 rings (SSSR count). The van der Waals surface area contributed by atoms with Gasteiger partial charge in [-0.05, 0) is 23.3 Å². The van der Waals surface area contributed by atoms with Gasteiger partial charge >= 0.3 is 0 Å². The minimum Gasteiger partial charge on any atom is -0.495 e. The highest BCUT2D eigenvalue weighted by atomic mass is 16.5. The molecule has 0 bridgehead atoms. The summed E-state index contributed by atoms with van der Waals surface area (Å²) in [5, 5.41) is 11.2. The lowest BCUT2D eigenvalue weighted by Gasteiger charge is -2.11. The number of carbonyl (C=O) groups excluding carboxylic acids is 1. The molecule has 1 N–H and O–H groups in total. The van der Waals surface area contributed by atoms with Crippen LogP contribution in [0.25, 0.3) is 11.1 Å². The van der Waals surface area contributed by atoms with E-state index >= 15 is 0 Å². The number of rotatable bonds is 4. The summed E-state index contributed by atoms with van der Waals surface area (Å²) in [5.74, 6) is 0.215. The van der Waals surface area contributed by atoms with Gasteiger partial charge in [-0.3, -0.25) is 4.79 Å². The van der Waals surface area contributed by atoms with Crippen molar-refractivity contribution in [3.05, 3.63) is 48.5 Å². The monoisotopic (exact) mass is 266 g/mol. The molecule has 4 heteroatoms. The van der Waals surface area contributed by atoms with Gasteiger partial charge in [-0.1, -0.05) is 36.4 Å². The number of nitrogens with one attached hydrogen (secondary N) is 1. The van der Waals surface area contributed by atoms with Crippen molar-refractivity contribution in [2.45, 2.75) is 6.42 Å².